The molecule has 0 spiro atoms. The Morgan fingerprint density at radius 3 is 3.00 bits per heavy atom. The first-order valence-electron chi connectivity index (χ1n) is 4.49. The fourth-order valence-electron chi connectivity index (χ4n) is 1.06. The molecule has 1 heterocycles. The molecule has 82 valence electrons. The Bertz CT molecular complexity index is 381. The number of rotatable bonds is 4. The fourth-order valence-corrected chi connectivity index (χ4v) is 1.50. The van der Waals surface area contributed by atoms with Gasteiger partial charge in [0.2, 0.25) is 5.91 Å². The zero-order chi connectivity index (χ0) is 11.3. The van der Waals surface area contributed by atoms with Crippen LogP contribution in [0.3, 0.4) is 0 Å². The van der Waals surface area contributed by atoms with Gasteiger partial charge in [0.15, 0.2) is 0 Å². The molecule has 0 bridgehead atoms. The van der Waals surface area contributed by atoms with Crippen LogP contribution in [0.25, 0.3) is 0 Å². The van der Waals surface area contributed by atoms with Crippen LogP contribution in [0, 0.1) is 0 Å². The second-order valence-electron chi connectivity index (χ2n) is 2.89. The van der Waals surface area contributed by atoms with E-state index in [0.717, 1.165) is 0 Å². The average Bonchev–Trinajstić information content (AvgIpc) is 2.18. The minimum atomic E-state index is -2.44. The molecule has 1 unspecified atom stereocenters. The van der Waals surface area contributed by atoms with E-state index >= 15 is 0 Å². The van der Waals surface area contributed by atoms with Crippen LogP contribution in [-0.2, 0) is 15.9 Å². The molecule has 0 aliphatic rings. The number of hydrogen-bond acceptors (Lipinski definition) is 4. The molecule has 0 fully saturated rings. The van der Waals surface area contributed by atoms with Crippen molar-refractivity contribution < 1.29 is 13.6 Å². The topological polar surface area (TPSA) is 82.1 Å². The van der Waals surface area contributed by atoms with Crippen LogP contribution < -0.4 is 5.32 Å². The summed E-state index contributed by atoms with van der Waals surface area (Å²) < 4.78 is 21.5. The summed E-state index contributed by atoms with van der Waals surface area (Å²) in [5.41, 5.74) is 0.226. The predicted octanol–water partition coefficient (Wildman–Crippen LogP) is 1.06. The van der Waals surface area contributed by atoms with E-state index < -0.39 is 11.1 Å². The molecule has 1 rings (SSSR count). The van der Waals surface area contributed by atoms with E-state index in [4.69, 9.17) is 0 Å². The largest absolute Gasteiger partial charge is 0.767 e. The van der Waals surface area contributed by atoms with Crippen LogP contribution in [-0.4, -0.2) is 19.7 Å². The van der Waals surface area contributed by atoms with E-state index in [1.54, 1.807) is 6.07 Å². The molecule has 1 amide bonds. The fraction of sp³-hybridized carbons (Fsp3) is 0.333. The monoisotopic (exact) mass is 227 g/mol. The van der Waals surface area contributed by atoms with Crippen molar-refractivity contribution in [3.63, 3.8) is 0 Å². The van der Waals surface area contributed by atoms with Gasteiger partial charge in [0.05, 0.1) is 5.69 Å². The van der Waals surface area contributed by atoms with Crippen molar-refractivity contribution in [2.24, 2.45) is 0 Å². The minimum Gasteiger partial charge on any atom is -0.767 e. The Morgan fingerprint density at radius 2 is 2.40 bits per heavy atom. The summed E-state index contributed by atoms with van der Waals surface area (Å²) in [5, 5.41) is 2.36. The van der Waals surface area contributed by atoms with E-state index in [1.807, 2.05) is 6.92 Å². The highest BCUT2D eigenvalue weighted by Crippen LogP contribution is 2.15. The van der Waals surface area contributed by atoms with E-state index in [0.29, 0.717) is 12.8 Å². The first kappa shape index (κ1) is 11.8. The van der Waals surface area contributed by atoms with Crippen LogP contribution in [0.5, 0.6) is 0 Å². The Balaban J connectivity index is 2.84. The molecule has 1 N–H and O–H groups in total. The maximum Gasteiger partial charge on any atom is 0.224 e. The van der Waals surface area contributed by atoms with Crippen LogP contribution in [0.2, 0.25) is 0 Å². The summed E-state index contributed by atoms with van der Waals surface area (Å²) >= 11 is -2.44. The number of amides is 1. The lowest BCUT2D eigenvalue weighted by Crippen LogP contribution is -2.13. The Kier molecular flexibility index (Phi) is 4.38. The lowest BCUT2D eigenvalue weighted by atomic mass is 10.3. The van der Waals surface area contributed by atoms with Gasteiger partial charge >= 0.3 is 0 Å². The van der Waals surface area contributed by atoms with Gasteiger partial charge in [0.25, 0.3) is 0 Å². The molecule has 6 heteroatoms. The third-order valence-electron chi connectivity index (χ3n) is 1.68. The maximum absolute atomic E-state index is 11.2. The van der Waals surface area contributed by atoms with Crippen LogP contribution >= 0.6 is 0 Å². The average molecular weight is 227 g/mol. The maximum atomic E-state index is 11.2. The lowest BCUT2D eigenvalue weighted by Gasteiger charge is -2.10. The Labute approximate surface area is 90.2 Å². The third-order valence-corrected chi connectivity index (χ3v) is 2.32. The molecule has 5 nitrogen and oxygen atoms in total. The zero-order valence-corrected chi connectivity index (χ0v) is 9.04. The first-order chi connectivity index (χ1) is 7.15. The second kappa shape index (κ2) is 5.57. The number of aromatic nitrogens is 1. The number of carbonyl (C=O) groups excluding carboxylic acids is 1. The Hall–Kier alpha value is -1.27. The molecule has 0 saturated heterocycles. The van der Waals surface area contributed by atoms with Crippen molar-refractivity contribution in [1.82, 2.24) is 4.98 Å². The molecule has 0 aromatic carbocycles. The minimum absolute atomic E-state index is 0.137. The molecule has 1 atom stereocenters. The summed E-state index contributed by atoms with van der Waals surface area (Å²) in [6.45, 7) is 1.87. The van der Waals surface area contributed by atoms with Gasteiger partial charge in [-0.25, -0.2) is 4.98 Å². The van der Waals surface area contributed by atoms with Gasteiger partial charge in [0.1, 0.15) is 5.03 Å². The molecule has 1 aromatic rings. The van der Waals surface area contributed by atoms with Crippen molar-refractivity contribution in [2.45, 2.75) is 24.8 Å². The van der Waals surface area contributed by atoms with Crippen molar-refractivity contribution in [3.8, 4) is 0 Å². The summed E-state index contributed by atoms with van der Waals surface area (Å²) in [5.74, 6) is -0.211. The highest BCUT2D eigenvalue weighted by Gasteiger charge is 2.06. The van der Waals surface area contributed by atoms with E-state index in [2.05, 4.69) is 10.3 Å². The van der Waals surface area contributed by atoms with Gasteiger partial charge < -0.3 is 9.87 Å². The predicted molar refractivity (Wildman–Crippen MR) is 55.0 cm³/mol. The molecular weight excluding hydrogens is 216 g/mol. The van der Waals surface area contributed by atoms with Gasteiger partial charge in [0, 0.05) is 12.6 Å². The van der Waals surface area contributed by atoms with Crippen LogP contribution in [0.15, 0.2) is 23.4 Å². The standard InChI is InChI=1S/C9H12N2O3S/c1-2-4-8(12)11-7-5-3-6-10-9(7)15(13)14/h3,5-6H,2,4H2,1H3,(H,11,12)(H,13,14)/p-1. The number of hydrogen-bond donors (Lipinski definition) is 1. The summed E-state index contributed by atoms with van der Waals surface area (Å²) in [4.78, 5) is 14.9. The highest BCUT2D eigenvalue weighted by atomic mass is 32.2. The molecule has 15 heavy (non-hydrogen) atoms. The normalized spacial score (nSPS) is 12.1. The SMILES string of the molecule is CCCC(=O)Nc1cccnc1S(=O)[O-]. The Morgan fingerprint density at radius 1 is 1.67 bits per heavy atom. The summed E-state index contributed by atoms with van der Waals surface area (Å²) in [6, 6.07) is 3.07. The molecule has 0 saturated carbocycles. The number of nitrogens with zero attached hydrogens (tertiary/aromatic N) is 1. The lowest BCUT2D eigenvalue weighted by molar-refractivity contribution is -0.116. The van der Waals surface area contributed by atoms with E-state index in [9.17, 15) is 13.6 Å². The molecular formula is C9H11N2O3S-. The zero-order valence-electron chi connectivity index (χ0n) is 8.23. The van der Waals surface area contributed by atoms with Crippen molar-refractivity contribution >= 4 is 22.7 Å². The third kappa shape index (κ3) is 3.41. The summed E-state index contributed by atoms with van der Waals surface area (Å²) in [6.07, 6.45) is 2.43. The first-order valence-corrected chi connectivity index (χ1v) is 5.56. The van der Waals surface area contributed by atoms with E-state index in [1.165, 1.54) is 12.3 Å². The quantitative estimate of drug-likeness (QED) is 0.779. The summed E-state index contributed by atoms with van der Waals surface area (Å²) in [7, 11) is 0. The van der Waals surface area contributed by atoms with Crippen LogP contribution in [0.4, 0.5) is 5.69 Å². The number of pyridine rings is 1. The number of nitrogens with one attached hydrogen (secondary N) is 1. The molecule has 1 aromatic heterocycles. The van der Waals surface area contributed by atoms with Gasteiger partial charge in [-0.1, -0.05) is 6.92 Å². The van der Waals surface area contributed by atoms with Crippen LogP contribution in [0.1, 0.15) is 19.8 Å². The molecule has 0 radical (unpaired) electrons. The molecule has 0 aliphatic carbocycles. The van der Waals surface area contributed by atoms with Crippen molar-refractivity contribution in [1.29, 1.82) is 0 Å². The number of anilines is 1. The van der Waals surface area contributed by atoms with Crippen molar-refractivity contribution in [2.75, 3.05) is 5.32 Å². The van der Waals surface area contributed by atoms with Crippen molar-refractivity contribution in [3.05, 3.63) is 18.3 Å². The number of carbonyl (C=O) groups is 1. The van der Waals surface area contributed by atoms with Gasteiger partial charge in [-0.05, 0) is 29.6 Å². The molecule has 0 aliphatic heterocycles. The van der Waals surface area contributed by atoms with Gasteiger partial charge in [-0.3, -0.25) is 9.00 Å². The van der Waals surface area contributed by atoms with Gasteiger partial charge in [-0.15, -0.1) is 0 Å². The second-order valence-corrected chi connectivity index (χ2v) is 3.75. The van der Waals surface area contributed by atoms with E-state index in [-0.39, 0.29) is 16.6 Å². The smallest absolute Gasteiger partial charge is 0.224 e. The highest BCUT2D eigenvalue weighted by molar-refractivity contribution is 7.79. The van der Waals surface area contributed by atoms with Gasteiger partial charge in [-0.2, -0.15) is 0 Å².